The number of benzene rings is 1. The van der Waals surface area contributed by atoms with E-state index in [4.69, 9.17) is 0 Å². The number of aliphatic imine (C=N–C) groups is 1. The molecule has 0 unspecified atom stereocenters. The molecule has 1 aliphatic rings. The number of nitrogens with zero attached hydrogens (tertiary/aromatic N) is 3. The highest BCUT2D eigenvalue weighted by Gasteiger charge is 2.13. The number of thioether (sulfide) groups is 1. The minimum absolute atomic E-state index is 0.192. The lowest BCUT2D eigenvalue weighted by Gasteiger charge is -2.17. The number of guanidine groups is 1. The van der Waals surface area contributed by atoms with E-state index in [0.29, 0.717) is 6.54 Å². The van der Waals surface area contributed by atoms with Gasteiger partial charge in [0.15, 0.2) is 5.96 Å². The third-order valence-corrected chi connectivity index (χ3v) is 5.72. The summed E-state index contributed by atoms with van der Waals surface area (Å²) in [5.74, 6) is 2.64. The Bertz CT molecular complexity index is 760. The number of anilines is 1. The van der Waals surface area contributed by atoms with Crippen LogP contribution in [-0.4, -0.2) is 43.4 Å². The van der Waals surface area contributed by atoms with Crippen LogP contribution in [0.5, 0.6) is 0 Å². The largest absolute Gasteiger partial charge is 0.357 e. The molecule has 0 bridgehead atoms. The second-order valence-corrected chi connectivity index (χ2v) is 7.89. The molecule has 0 radical (unpaired) electrons. The van der Waals surface area contributed by atoms with Crippen LogP contribution in [0.25, 0.3) is 0 Å². The molecule has 7 heteroatoms. The van der Waals surface area contributed by atoms with Gasteiger partial charge >= 0.3 is 0 Å². The van der Waals surface area contributed by atoms with E-state index in [1.54, 1.807) is 18.8 Å². The monoisotopic (exact) mass is 401 g/mol. The predicted octanol–water partition coefficient (Wildman–Crippen LogP) is 3.67. The minimum atomic E-state index is -0.192. The second-order valence-electron chi connectivity index (χ2n) is 6.72. The Hall–Kier alpha value is -2.28. The fraction of sp³-hybridized carbons (Fsp3) is 0.429. The molecule has 1 aliphatic heterocycles. The average molecular weight is 402 g/mol. The van der Waals surface area contributed by atoms with Gasteiger partial charge < -0.3 is 15.5 Å². The van der Waals surface area contributed by atoms with Gasteiger partial charge in [-0.25, -0.2) is 9.37 Å². The maximum absolute atomic E-state index is 12.9. The topological polar surface area (TPSA) is 52.6 Å². The molecule has 1 aromatic carbocycles. The Morgan fingerprint density at radius 1 is 1.18 bits per heavy atom. The molecule has 5 nitrogen and oxygen atoms in total. The normalized spacial score (nSPS) is 14.4. The van der Waals surface area contributed by atoms with Gasteiger partial charge in [-0.05, 0) is 67.0 Å². The van der Waals surface area contributed by atoms with Crippen molar-refractivity contribution in [2.24, 2.45) is 4.99 Å². The van der Waals surface area contributed by atoms with Crippen molar-refractivity contribution in [3.05, 3.63) is 54.0 Å². The van der Waals surface area contributed by atoms with E-state index in [9.17, 15) is 4.39 Å². The van der Waals surface area contributed by atoms with Crippen molar-refractivity contribution in [3.63, 3.8) is 0 Å². The summed E-state index contributed by atoms with van der Waals surface area (Å²) in [6, 6.07) is 10.8. The molecule has 0 atom stereocenters. The quantitative estimate of drug-likeness (QED) is 0.306. The zero-order valence-corrected chi connectivity index (χ0v) is 17.1. The summed E-state index contributed by atoms with van der Waals surface area (Å²) in [5.41, 5.74) is 1.20. The summed E-state index contributed by atoms with van der Waals surface area (Å²) in [6.07, 6.45) is 5.38. The standard InChI is InChI=1S/C21H28FN5S/c1-23-21(25-10-4-14-28-19-7-5-18(22)6-8-19)26-16-17-9-11-24-20(15-17)27-12-2-3-13-27/h5-9,11,15H,2-4,10,12-14,16H2,1H3,(H2,23,25,26). The molecule has 3 rings (SSSR count). The molecule has 2 aromatic rings. The summed E-state index contributed by atoms with van der Waals surface area (Å²) in [4.78, 5) is 12.2. The third kappa shape index (κ3) is 6.41. The molecule has 0 saturated carbocycles. The van der Waals surface area contributed by atoms with Gasteiger partial charge in [-0.2, -0.15) is 0 Å². The molecule has 28 heavy (non-hydrogen) atoms. The van der Waals surface area contributed by atoms with Gasteiger partial charge in [0.2, 0.25) is 0 Å². The summed E-state index contributed by atoms with van der Waals surface area (Å²) >= 11 is 1.73. The molecule has 1 aromatic heterocycles. The maximum atomic E-state index is 12.9. The van der Waals surface area contributed by atoms with Crippen molar-refractivity contribution < 1.29 is 4.39 Å². The zero-order valence-electron chi connectivity index (χ0n) is 16.3. The van der Waals surface area contributed by atoms with E-state index >= 15 is 0 Å². The lowest BCUT2D eigenvalue weighted by molar-refractivity contribution is 0.626. The SMILES string of the molecule is CN=C(NCCCSc1ccc(F)cc1)NCc1ccnc(N2CCCC2)c1. The Morgan fingerprint density at radius 3 is 2.71 bits per heavy atom. The van der Waals surface area contributed by atoms with Crippen LogP contribution in [0.2, 0.25) is 0 Å². The van der Waals surface area contributed by atoms with Crippen LogP contribution in [0.1, 0.15) is 24.8 Å². The van der Waals surface area contributed by atoms with Crippen LogP contribution < -0.4 is 15.5 Å². The summed E-state index contributed by atoms with van der Waals surface area (Å²) in [6.45, 7) is 3.75. The van der Waals surface area contributed by atoms with Crippen LogP contribution in [0.15, 0.2) is 52.5 Å². The van der Waals surface area contributed by atoms with Crippen LogP contribution in [0.4, 0.5) is 10.2 Å². The van der Waals surface area contributed by atoms with Gasteiger partial charge in [0.05, 0.1) is 0 Å². The highest BCUT2D eigenvalue weighted by atomic mass is 32.2. The fourth-order valence-electron chi connectivity index (χ4n) is 3.10. The highest BCUT2D eigenvalue weighted by molar-refractivity contribution is 7.99. The van der Waals surface area contributed by atoms with E-state index < -0.39 is 0 Å². The Labute approximate surface area is 170 Å². The zero-order chi connectivity index (χ0) is 19.6. The number of nitrogens with one attached hydrogen (secondary N) is 2. The van der Waals surface area contributed by atoms with E-state index in [1.165, 1.54) is 30.5 Å². The predicted molar refractivity (Wildman–Crippen MR) is 116 cm³/mol. The van der Waals surface area contributed by atoms with Crippen molar-refractivity contribution in [3.8, 4) is 0 Å². The molecular formula is C21H28FN5S. The summed E-state index contributed by atoms with van der Waals surface area (Å²) in [5, 5.41) is 6.71. The lowest BCUT2D eigenvalue weighted by Crippen LogP contribution is -2.37. The molecule has 1 saturated heterocycles. The van der Waals surface area contributed by atoms with Crippen LogP contribution in [0, 0.1) is 5.82 Å². The molecule has 150 valence electrons. The van der Waals surface area contributed by atoms with Crippen molar-refractivity contribution >= 4 is 23.5 Å². The smallest absolute Gasteiger partial charge is 0.191 e. The molecule has 0 spiro atoms. The lowest BCUT2D eigenvalue weighted by atomic mass is 10.2. The van der Waals surface area contributed by atoms with Crippen molar-refractivity contribution in [2.45, 2.75) is 30.7 Å². The van der Waals surface area contributed by atoms with E-state index in [0.717, 1.165) is 48.5 Å². The number of aromatic nitrogens is 1. The molecule has 2 N–H and O–H groups in total. The fourth-order valence-corrected chi connectivity index (χ4v) is 3.95. The van der Waals surface area contributed by atoms with Gasteiger partial charge in [-0.15, -0.1) is 11.8 Å². The second kappa shape index (κ2) is 10.9. The third-order valence-electron chi connectivity index (χ3n) is 4.62. The number of hydrogen-bond acceptors (Lipinski definition) is 4. The molecule has 2 heterocycles. The number of rotatable bonds is 8. The van der Waals surface area contributed by atoms with Crippen LogP contribution in [-0.2, 0) is 6.54 Å². The number of halogens is 1. The first-order valence-electron chi connectivity index (χ1n) is 9.77. The highest BCUT2D eigenvalue weighted by Crippen LogP contribution is 2.19. The first kappa shape index (κ1) is 20.5. The van der Waals surface area contributed by atoms with Gasteiger partial charge in [0, 0.05) is 44.3 Å². The Balaban J connectivity index is 1.36. The van der Waals surface area contributed by atoms with Gasteiger partial charge in [0.25, 0.3) is 0 Å². The van der Waals surface area contributed by atoms with Crippen molar-refractivity contribution in [1.29, 1.82) is 0 Å². The average Bonchev–Trinajstić information content (AvgIpc) is 3.26. The van der Waals surface area contributed by atoms with Gasteiger partial charge in [0.1, 0.15) is 11.6 Å². The van der Waals surface area contributed by atoms with E-state index in [1.807, 2.05) is 24.4 Å². The van der Waals surface area contributed by atoms with Crippen LogP contribution in [0.3, 0.4) is 0 Å². The van der Waals surface area contributed by atoms with E-state index in [-0.39, 0.29) is 5.82 Å². The van der Waals surface area contributed by atoms with Crippen LogP contribution >= 0.6 is 11.8 Å². The van der Waals surface area contributed by atoms with E-state index in [2.05, 4.69) is 31.6 Å². The number of hydrogen-bond donors (Lipinski definition) is 2. The first-order valence-corrected chi connectivity index (χ1v) is 10.8. The summed E-state index contributed by atoms with van der Waals surface area (Å²) < 4.78 is 12.9. The molecular weight excluding hydrogens is 373 g/mol. The maximum Gasteiger partial charge on any atom is 0.191 e. The Morgan fingerprint density at radius 2 is 1.96 bits per heavy atom. The minimum Gasteiger partial charge on any atom is -0.357 e. The molecule has 0 aliphatic carbocycles. The van der Waals surface area contributed by atoms with Gasteiger partial charge in [-0.3, -0.25) is 4.99 Å². The molecule has 0 amide bonds. The summed E-state index contributed by atoms with van der Waals surface area (Å²) in [7, 11) is 1.78. The van der Waals surface area contributed by atoms with Gasteiger partial charge in [-0.1, -0.05) is 0 Å². The van der Waals surface area contributed by atoms with Crippen molar-refractivity contribution in [2.75, 3.05) is 37.3 Å². The first-order chi connectivity index (χ1) is 13.7. The van der Waals surface area contributed by atoms with Crippen molar-refractivity contribution in [1.82, 2.24) is 15.6 Å². The molecule has 1 fully saturated rings. The Kier molecular flexibility index (Phi) is 7.96. The number of pyridine rings is 1.